The van der Waals surface area contributed by atoms with Gasteiger partial charge in [-0.2, -0.15) is 0 Å². The maximum atomic E-state index is 12.8. The third-order valence-corrected chi connectivity index (χ3v) is 13.6. The molecular weight excluding hydrogens is 822 g/mol. The zero-order valence-corrected chi connectivity index (χ0v) is 44.2. The lowest BCUT2D eigenvalue weighted by molar-refractivity contribution is -0.870. The highest BCUT2D eigenvalue weighted by Crippen LogP contribution is 2.43. The zero-order valence-electron chi connectivity index (χ0n) is 43.3. The Labute approximate surface area is 397 Å². The molecule has 2 unspecified atom stereocenters. The van der Waals surface area contributed by atoms with Crippen LogP contribution in [0, 0.1) is 0 Å². The SMILES string of the molecule is CCCCCCCCCCCCCCCCCCCCCCCCCC(=O)OCC(COP(=O)(O)OCC[N+](C)(C)C)OC(=O)CCCCCCCCCCCCCCCCCCC. The summed E-state index contributed by atoms with van der Waals surface area (Å²) in [4.78, 5) is 35.6. The van der Waals surface area contributed by atoms with Crippen molar-refractivity contribution in [1.82, 2.24) is 0 Å². The van der Waals surface area contributed by atoms with Crippen molar-refractivity contribution in [3.05, 3.63) is 0 Å². The number of esters is 2. The van der Waals surface area contributed by atoms with Crippen LogP contribution >= 0.6 is 7.82 Å². The van der Waals surface area contributed by atoms with E-state index in [0.717, 1.165) is 38.5 Å². The van der Waals surface area contributed by atoms with E-state index < -0.39 is 26.5 Å². The van der Waals surface area contributed by atoms with Crippen molar-refractivity contribution in [2.24, 2.45) is 0 Å². The molecule has 0 fully saturated rings. The van der Waals surface area contributed by atoms with Crippen molar-refractivity contribution in [2.75, 3.05) is 47.5 Å². The number of nitrogens with zero attached hydrogens (tertiary/aromatic N) is 1. The maximum Gasteiger partial charge on any atom is 0.472 e. The summed E-state index contributed by atoms with van der Waals surface area (Å²) in [5, 5.41) is 0. The summed E-state index contributed by atoms with van der Waals surface area (Å²) in [6.45, 7) is 4.50. The Morgan fingerprint density at radius 2 is 0.703 bits per heavy atom. The molecule has 64 heavy (non-hydrogen) atoms. The van der Waals surface area contributed by atoms with Crippen molar-refractivity contribution >= 4 is 19.8 Å². The van der Waals surface area contributed by atoms with Gasteiger partial charge in [-0.3, -0.25) is 18.6 Å². The van der Waals surface area contributed by atoms with Gasteiger partial charge in [0.05, 0.1) is 27.7 Å². The Hall–Kier alpha value is -0.990. The summed E-state index contributed by atoms with van der Waals surface area (Å²) in [5.74, 6) is -0.775. The van der Waals surface area contributed by atoms with Crippen molar-refractivity contribution in [3.8, 4) is 0 Å². The molecule has 0 aromatic carbocycles. The summed E-state index contributed by atoms with van der Waals surface area (Å²) in [5.41, 5.74) is 0. The number of phosphoric acid groups is 1. The number of carbonyl (C=O) groups is 2. The molecule has 0 aromatic rings. The highest BCUT2D eigenvalue weighted by molar-refractivity contribution is 7.47. The molecule has 0 aliphatic heterocycles. The summed E-state index contributed by atoms with van der Waals surface area (Å²) in [6.07, 6.45) is 51.6. The summed E-state index contributed by atoms with van der Waals surface area (Å²) in [6, 6.07) is 0. The second kappa shape index (κ2) is 47.1. The molecule has 0 saturated heterocycles. The van der Waals surface area contributed by atoms with Crippen LogP contribution in [0.3, 0.4) is 0 Å². The minimum absolute atomic E-state index is 0.0373. The molecule has 10 heteroatoms. The minimum atomic E-state index is -4.37. The molecule has 0 saturated carbocycles. The van der Waals surface area contributed by atoms with Crippen LogP contribution in [0.5, 0.6) is 0 Å². The second-order valence-corrected chi connectivity index (χ2v) is 21.8. The quantitative estimate of drug-likeness (QED) is 0.0278. The van der Waals surface area contributed by atoms with E-state index in [2.05, 4.69) is 13.8 Å². The molecule has 0 aliphatic carbocycles. The van der Waals surface area contributed by atoms with Crippen molar-refractivity contribution in [3.63, 3.8) is 0 Å². The minimum Gasteiger partial charge on any atom is -0.462 e. The maximum absolute atomic E-state index is 12.8. The Bertz CT molecular complexity index is 1050. The summed E-state index contributed by atoms with van der Waals surface area (Å²) in [7, 11) is 1.50. The lowest BCUT2D eigenvalue weighted by Crippen LogP contribution is -2.37. The van der Waals surface area contributed by atoms with E-state index >= 15 is 0 Å². The molecule has 2 atom stereocenters. The first kappa shape index (κ1) is 63.0. The van der Waals surface area contributed by atoms with Crippen LogP contribution in [0.25, 0.3) is 0 Å². The fourth-order valence-corrected chi connectivity index (χ4v) is 9.05. The zero-order chi connectivity index (χ0) is 47.1. The van der Waals surface area contributed by atoms with Gasteiger partial charge in [0.1, 0.15) is 19.8 Å². The van der Waals surface area contributed by atoms with Crippen LogP contribution in [0.1, 0.15) is 284 Å². The van der Waals surface area contributed by atoms with Crippen LogP contribution in [-0.2, 0) is 32.7 Å². The molecular formula is C54H109NO8P+. The van der Waals surface area contributed by atoms with Gasteiger partial charge in [-0.05, 0) is 12.8 Å². The Morgan fingerprint density at radius 3 is 1.00 bits per heavy atom. The van der Waals surface area contributed by atoms with Gasteiger partial charge in [0, 0.05) is 12.8 Å². The number of unbranched alkanes of at least 4 members (excludes halogenated alkanes) is 38. The normalized spacial score (nSPS) is 13.3. The molecule has 382 valence electrons. The van der Waals surface area contributed by atoms with Gasteiger partial charge in [0.25, 0.3) is 0 Å². The summed E-state index contributed by atoms with van der Waals surface area (Å²) >= 11 is 0. The van der Waals surface area contributed by atoms with Crippen molar-refractivity contribution < 1.29 is 42.1 Å². The van der Waals surface area contributed by atoms with E-state index in [1.165, 1.54) is 218 Å². The molecule has 0 radical (unpaired) electrons. The Morgan fingerprint density at radius 1 is 0.422 bits per heavy atom. The van der Waals surface area contributed by atoms with E-state index in [4.69, 9.17) is 18.5 Å². The van der Waals surface area contributed by atoms with E-state index in [1.54, 1.807) is 0 Å². The highest BCUT2D eigenvalue weighted by Gasteiger charge is 2.27. The van der Waals surface area contributed by atoms with Crippen LogP contribution in [-0.4, -0.2) is 74.9 Å². The van der Waals surface area contributed by atoms with Gasteiger partial charge in [-0.15, -0.1) is 0 Å². The molecule has 0 spiro atoms. The molecule has 0 aliphatic rings. The Balaban J connectivity index is 4.12. The molecule has 0 amide bonds. The average Bonchev–Trinajstić information content (AvgIpc) is 3.25. The molecule has 0 heterocycles. The Kier molecular flexibility index (Phi) is 46.4. The summed E-state index contributed by atoms with van der Waals surface area (Å²) < 4.78 is 34.5. The standard InChI is InChI=1S/C54H108NO8P/c1-6-8-10-12-14-16-18-20-22-24-25-26-27-28-29-31-32-34-36-38-40-42-44-46-53(56)60-50-52(51-62-64(58,59)61-49-48-55(3,4)5)63-54(57)47-45-43-41-39-37-35-33-30-23-21-19-17-15-13-11-9-7-2/h52H,6-51H2,1-5H3/p+1. The lowest BCUT2D eigenvalue weighted by atomic mass is 10.0. The van der Waals surface area contributed by atoms with E-state index in [-0.39, 0.29) is 25.6 Å². The van der Waals surface area contributed by atoms with E-state index in [0.29, 0.717) is 17.4 Å². The van der Waals surface area contributed by atoms with Gasteiger partial charge in [0.2, 0.25) is 0 Å². The van der Waals surface area contributed by atoms with Crippen LogP contribution in [0.2, 0.25) is 0 Å². The molecule has 9 nitrogen and oxygen atoms in total. The van der Waals surface area contributed by atoms with E-state index in [1.807, 2.05) is 21.1 Å². The third kappa shape index (κ3) is 50.4. The number of hydrogen-bond acceptors (Lipinski definition) is 7. The highest BCUT2D eigenvalue weighted by atomic mass is 31.2. The van der Waals surface area contributed by atoms with Gasteiger partial charge in [-0.25, -0.2) is 4.57 Å². The first-order chi connectivity index (χ1) is 31.0. The van der Waals surface area contributed by atoms with Crippen LogP contribution in [0.15, 0.2) is 0 Å². The van der Waals surface area contributed by atoms with Crippen molar-refractivity contribution in [1.29, 1.82) is 0 Å². The number of hydrogen-bond donors (Lipinski definition) is 1. The van der Waals surface area contributed by atoms with Gasteiger partial charge >= 0.3 is 19.8 Å². The molecule has 1 N–H and O–H groups in total. The third-order valence-electron chi connectivity index (χ3n) is 12.6. The first-order valence-corrected chi connectivity index (χ1v) is 29.3. The molecule has 0 rings (SSSR count). The second-order valence-electron chi connectivity index (χ2n) is 20.3. The molecule has 0 bridgehead atoms. The number of carbonyl (C=O) groups excluding carboxylic acids is 2. The monoisotopic (exact) mass is 931 g/mol. The van der Waals surface area contributed by atoms with Crippen LogP contribution in [0.4, 0.5) is 0 Å². The number of ether oxygens (including phenoxy) is 2. The number of likely N-dealkylation sites (N-methyl/N-ethyl adjacent to an activating group) is 1. The van der Waals surface area contributed by atoms with Crippen LogP contribution < -0.4 is 0 Å². The average molecular weight is 931 g/mol. The lowest BCUT2D eigenvalue weighted by Gasteiger charge is -2.24. The number of phosphoric ester groups is 1. The predicted molar refractivity (Wildman–Crippen MR) is 271 cm³/mol. The first-order valence-electron chi connectivity index (χ1n) is 27.8. The number of quaternary nitrogens is 1. The van der Waals surface area contributed by atoms with Crippen molar-refractivity contribution in [2.45, 2.75) is 290 Å². The largest absolute Gasteiger partial charge is 0.472 e. The number of rotatable bonds is 52. The smallest absolute Gasteiger partial charge is 0.462 e. The van der Waals surface area contributed by atoms with Gasteiger partial charge in [-0.1, -0.05) is 258 Å². The fraction of sp³-hybridized carbons (Fsp3) is 0.963. The topological polar surface area (TPSA) is 108 Å². The predicted octanol–water partition coefficient (Wildman–Crippen LogP) is 16.7. The fourth-order valence-electron chi connectivity index (χ4n) is 8.31. The van der Waals surface area contributed by atoms with Gasteiger partial charge in [0.15, 0.2) is 6.10 Å². The molecule has 0 aromatic heterocycles. The van der Waals surface area contributed by atoms with E-state index in [9.17, 15) is 19.0 Å². The van der Waals surface area contributed by atoms with Gasteiger partial charge < -0.3 is 18.9 Å².